The van der Waals surface area contributed by atoms with E-state index < -0.39 is 12.1 Å². The van der Waals surface area contributed by atoms with Crippen molar-refractivity contribution >= 4 is 0 Å². The van der Waals surface area contributed by atoms with Crippen LogP contribution in [0.5, 0.6) is 0 Å². The molecule has 0 aromatic heterocycles. The molecule has 0 bridgehead atoms. The van der Waals surface area contributed by atoms with Crippen LogP contribution in [0.4, 0.5) is 0 Å². The first-order chi connectivity index (χ1) is 5.31. The number of rotatable bonds is 1. The van der Waals surface area contributed by atoms with Crippen molar-refractivity contribution in [3.8, 4) is 0 Å². The second-order valence-corrected chi connectivity index (χ2v) is 2.31. The summed E-state index contributed by atoms with van der Waals surface area (Å²) in [7, 11) is 0. The maximum Gasteiger partial charge on any atom is 0.255 e. The summed E-state index contributed by atoms with van der Waals surface area (Å²) in [6.45, 7) is 1.78. The molecule has 6 nitrogen and oxygen atoms in total. The molecule has 2 atom stereocenters. The van der Waals surface area contributed by atoms with Gasteiger partial charge in [-0.05, 0) is 6.92 Å². The Morgan fingerprint density at radius 2 is 2.18 bits per heavy atom. The van der Waals surface area contributed by atoms with Crippen molar-refractivity contribution in [2.75, 3.05) is 13.6 Å². The monoisotopic (exact) mass is 164 g/mol. The molecule has 6 heteroatoms. The minimum Gasteiger partial charge on any atom is -0.315 e. The van der Waals surface area contributed by atoms with E-state index in [9.17, 15) is 0 Å². The molecule has 0 aliphatic carbocycles. The molecule has 11 heavy (non-hydrogen) atoms. The van der Waals surface area contributed by atoms with Crippen LogP contribution in [0, 0.1) is 0 Å². The van der Waals surface area contributed by atoms with Gasteiger partial charge >= 0.3 is 0 Å². The lowest BCUT2D eigenvalue weighted by Crippen LogP contribution is -2.40. The smallest absolute Gasteiger partial charge is 0.255 e. The standard InChI is InChI=1S/C5H8O6/c1-5(7-3-9-11-5)4-6-2-8-10-4/h4H,2-3H2,1H3/t4-,5-/m0/s1. The van der Waals surface area contributed by atoms with Gasteiger partial charge in [-0.15, -0.1) is 0 Å². The third-order valence-corrected chi connectivity index (χ3v) is 1.47. The van der Waals surface area contributed by atoms with Gasteiger partial charge in [-0.2, -0.15) is 9.78 Å². The van der Waals surface area contributed by atoms with E-state index in [1.165, 1.54) is 0 Å². The van der Waals surface area contributed by atoms with Gasteiger partial charge in [0, 0.05) is 0 Å². The Labute approximate surface area is 62.7 Å². The second-order valence-electron chi connectivity index (χ2n) is 2.31. The average Bonchev–Trinajstić information content (AvgIpc) is 2.55. The summed E-state index contributed by atoms with van der Waals surface area (Å²) >= 11 is 0. The zero-order chi connectivity index (χ0) is 7.73. The van der Waals surface area contributed by atoms with E-state index in [2.05, 4.69) is 14.7 Å². The normalized spacial score (nSPS) is 45.0. The van der Waals surface area contributed by atoms with E-state index in [0.717, 1.165) is 0 Å². The third-order valence-electron chi connectivity index (χ3n) is 1.47. The molecular formula is C5H8O6. The second kappa shape index (κ2) is 2.67. The van der Waals surface area contributed by atoms with E-state index >= 15 is 0 Å². The van der Waals surface area contributed by atoms with E-state index in [1.54, 1.807) is 6.92 Å². The van der Waals surface area contributed by atoms with Crippen LogP contribution in [-0.2, 0) is 29.0 Å². The lowest BCUT2D eigenvalue weighted by molar-refractivity contribution is -0.395. The predicted molar refractivity (Wildman–Crippen MR) is 28.4 cm³/mol. The number of hydrogen-bond acceptors (Lipinski definition) is 6. The van der Waals surface area contributed by atoms with E-state index in [0.29, 0.717) is 0 Å². The van der Waals surface area contributed by atoms with E-state index in [1.807, 2.05) is 0 Å². The molecule has 64 valence electrons. The maximum atomic E-state index is 5.05. The van der Waals surface area contributed by atoms with Crippen molar-refractivity contribution in [3.05, 3.63) is 0 Å². The lowest BCUT2D eigenvalue weighted by atomic mass is 10.3. The first-order valence-corrected chi connectivity index (χ1v) is 3.16. The Morgan fingerprint density at radius 3 is 2.73 bits per heavy atom. The Morgan fingerprint density at radius 1 is 1.27 bits per heavy atom. The van der Waals surface area contributed by atoms with Crippen LogP contribution >= 0.6 is 0 Å². The van der Waals surface area contributed by atoms with Gasteiger partial charge in [-0.1, -0.05) is 0 Å². The highest BCUT2D eigenvalue weighted by molar-refractivity contribution is 4.67. The first kappa shape index (κ1) is 7.41. The zero-order valence-electron chi connectivity index (χ0n) is 5.94. The van der Waals surface area contributed by atoms with Gasteiger partial charge in [0.15, 0.2) is 13.6 Å². The van der Waals surface area contributed by atoms with Crippen LogP contribution in [0.3, 0.4) is 0 Å². The summed E-state index contributed by atoms with van der Waals surface area (Å²) < 4.78 is 10.0. The van der Waals surface area contributed by atoms with Crippen LogP contribution in [0.2, 0.25) is 0 Å². The van der Waals surface area contributed by atoms with Crippen LogP contribution in [0.1, 0.15) is 6.92 Å². The summed E-state index contributed by atoms with van der Waals surface area (Å²) in [6.07, 6.45) is -0.690. The Bertz CT molecular complexity index is 136. The van der Waals surface area contributed by atoms with Crippen molar-refractivity contribution in [3.63, 3.8) is 0 Å². The molecule has 0 unspecified atom stereocenters. The zero-order valence-corrected chi connectivity index (χ0v) is 5.94. The van der Waals surface area contributed by atoms with Gasteiger partial charge in [0.25, 0.3) is 12.1 Å². The minimum absolute atomic E-state index is 0.0692. The van der Waals surface area contributed by atoms with Crippen molar-refractivity contribution in [1.82, 2.24) is 0 Å². The molecular weight excluding hydrogens is 156 g/mol. The number of ether oxygens (including phenoxy) is 2. The van der Waals surface area contributed by atoms with Crippen molar-refractivity contribution < 1.29 is 29.0 Å². The minimum atomic E-state index is -1.02. The van der Waals surface area contributed by atoms with Crippen molar-refractivity contribution in [2.45, 2.75) is 19.0 Å². The topological polar surface area (TPSA) is 55.4 Å². The van der Waals surface area contributed by atoms with Crippen molar-refractivity contribution in [1.29, 1.82) is 0 Å². The quantitative estimate of drug-likeness (QED) is 0.504. The van der Waals surface area contributed by atoms with Crippen molar-refractivity contribution in [2.24, 2.45) is 0 Å². The van der Waals surface area contributed by atoms with Gasteiger partial charge in [-0.3, -0.25) is 0 Å². The summed E-state index contributed by atoms with van der Waals surface area (Å²) in [5.74, 6) is -1.02. The molecule has 0 aromatic carbocycles. The highest BCUT2D eigenvalue weighted by Gasteiger charge is 2.47. The first-order valence-electron chi connectivity index (χ1n) is 3.16. The van der Waals surface area contributed by atoms with Crippen LogP contribution < -0.4 is 0 Å². The predicted octanol–water partition coefficient (Wildman–Crippen LogP) is -0.0995. The maximum absolute atomic E-state index is 5.05. The molecule has 2 heterocycles. The molecule has 2 aliphatic heterocycles. The summed E-state index contributed by atoms with van der Waals surface area (Å²) in [4.78, 5) is 18.5. The fourth-order valence-corrected chi connectivity index (χ4v) is 0.859. The SMILES string of the molecule is C[C@]1([C@H]2OCOO2)OCOO1. The van der Waals surface area contributed by atoms with Gasteiger partial charge < -0.3 is 9.47 Å². The molecule has 0 aromatic rings. The Hall–Kier alpha value is -0.240. The molecule has 0 saturated carbocycles. The molecule has 0 spiro atoms. The largest absolute Gasteiger partial charge is 0.315 e. The lowest BCUT2D eigenvalue weighted by Gasteiger charge is -2.21. The number of hydrogen-bond donors (Lipinski definition) is 0. The Balaban J connectivity index is 2.00. The van der Waals surface area contributed by atoms with E-state index in [-0.39, 0.29) is 13.6 Å². The molecule has 2 fully saturated rings. The molecule has 2 aliphatic rings. The molecule has 0 N–H and O–H groups in total. The highest BCUT2D eigenvalue weighted by atomic mass is 17.3. The van der Waals surface area contributed by atoms with Crippen LogP contribution in [0.15, 0.2) is 0 Å². The molecule has 2 saturated heterocycles. The molecule has 0 radical (unpaired) electrons. The summed E-state index contributed by atoms with van der Waals surface area (Å²) in [5.41, 5.74) is 0. The summed E-state index contributed by atoms with van der Waals surface area (Å²) in [6, 6.07) is 0. The summed E-state index contributed by atoms with van der Waals surface area (Å²) in [5, 5.41) is 0. The van der Waals surface area contributed by atoms with Gasteiger partial charge in [0.1, 0.15) is 0 Å². The van der Waals surface area contributed by atoms with Crippen LogP contribution in [-0.4, -0.2) is 25.7 Å². The van der Waals surface area contributed by atoms with Gasteiger partial charge in [0.05, 0.1) is 0 Å². The fourth-order valence-electron chi connectivity index (χ4n) is 0.859. The van der Waals surface area contributed by atoms with Gasteiger partial charge in [0.2, 0.25) is 0 Å². The Kier molecular flexibility index (Phi) is 1.80. The third kappa shape index (κ3) is 1.24. The van der Waals surface area contributed by atoms with Gasteiger partial charge in [-0.25, -0.2) is 9.78 Å². The average molecular weight is 164 g/mol. The molecule has 2 rings (SSSR count). The van der Waals surface area contributed by atoms with Crippen LogP contribution in [0.25, 0.3) is 0 Å². The van der Waals surface area contributed by atoms with E-state index in [4.69, 9.17) is 14.4 Å². The molecule has 0 amide bonds. The fraction of sp³-hybridized carbons (Fsp3) is 1.00. The highest BCUT2D eigenvalue weighted by Crippen LogP contribution is 2.28.